The van der Waals surface area contributed by atoms with Crippen LogP contribution in [0.4, 0.5) is 0 Å². The molecule has 1 rings (SSSR count). The molecule has 1 radical (unpaired) electrons. The zero-order valence-electron chi connectivity index (χ0n) is 7.65. The van der Waals surface area contributed by atoms with Crippen LogP contribution in [-0.4, -0.2) is 18.1 Å². The van der Waals surface area contributed by atoms with Gasteiger partial charge in [0.25, 0.3) is 5.91 Å². The van der Waals surface area contributed by atoms with Crippen LogP contribution in [0.5, 0.6) is 11.5 Å². The highest BCUT2D eigenvalue weighted by Crippen LogP contribution is 2.28. The maximum atomic E-state index is 10.6. The first-order valence-electron chi connectivity index (χ1n) is 3.94. The van der Waals surface area contributed by atoms with Crippen LogP contribution in [0.25, 0.3) is 0 Å². The third-order valence-electron chi connectivity index (χ3n) is 1.84. The summed E-state index contributed by atoms with van der Waals surface area (Å²) < 4.78 is 4.82. The number of amides is 1. The summed E-state index contributed by atoms with van der Waals surface area (Å²) in [7, 11) is 1.42. The van der Waals surface area contributed by atoms with Crippen LogP contribution in [0.1, 0.15) is 11.6 Å². The molecule has 0 heterocycles. The lowest BCUT2D eigenvalue weighted by Crippen LogP contribution is -2.21. The second-order valence-corrected chi connectivity index (χ2v) is 2.77. The molecule has 0 aliphatic carbocycles. The van der Waals surface area contributed by atoms with Crippen molar-refractivity contribution in [2.45, 2.75) is 6.04 Å². The van der Waals surface area contributed by atoms with Crippen LogP contribution in [-0.2, 0) is 4.79 Å². The zero-order chi connectivity index (χ0) is 10.7. The van der Waals surface area contributed by atoms with Gasteiger partial charge in [-0.2, -0.15) is 0 Å². The van der Waals surface area contributed by atoms with Crippen LogP contribution in [0.3, 0.4) is 0 Å². The smallest absolute Gasteiger partial charge is 0.259 e. The van der Waals surface area contributed by atoms with Gasteiger partial charge in [-0.05, 0) is 17.7 Å². The monoisotopic (exact) mass is 195 g/mol. The molecule has 0 saturated carbocycles. The zero-order valence-corrected chi connectivity index (χ0v) is 7.65. The van der Waals surface area contributed by atoms with Gasteiger partial charge in [0.2, 0.25) is 0 Å². The lowest BCUT2D eigenvalue weighted by molar-refractivity contribution is -0.120. The number of hydrogen-bond acceptors (Lipinski definition) is 4. The van der Waals surface area contributed by atoms with Crippen LogP contribution in [0.2, 0.25) is 0 Å². The Kier molecular flexibility index (Phi) is 2.93. The lowest BCUT2D eigenvalue weighted by Gasteiger charge is -2.09. The Morgan fingerprint density at radius 3 is 2.71 bits per heavy atom. The molecule has 0 aliphatic heterocycles. The number of ether oxygens (including phenoxy) is 1. The first-order chi connectivity index (χ1) is 6.56. The number of phenolic OH excluding ortho intramolecular Hbond substituents is 1. The average molecular weight is 195 g/mol. The van der Waals surface area contributed by atoms with E-state index in [1.165, 1.54) is 25.3 Å². The van der Waals surface area contributed by atoms with Gasteiger partial charge in [0.15, 0.2) is 11.5 Å². The molecule has 1 atom stereocenters. The highest BCUT2D eigenvalue weighted by molar-refractivity contribution is 5.80. The van der Waals surface area contributed by atoms with Gasteiger partial charge < -0.3 is 15.6 Å². The summed E-state index contributed by atoms with van der Waals surface area (Å²) >= 11 is 0. The molecule has 1 amide bonds. The fraction of sp³-hybridized carbons (Fsp3) is 0.222. The number of nitrogens with two attached hydrogens (primary N) is 1. The molecule has 4 N–H and O–H groups in total. The molecule has 1 aromatic rings. The lowest BCUT2D eigenvalue weighted by atomic mass is 10.1. The largest absolute Gasteiger partial charge is 0.504 e. The van der Waals surface area contributed by atoms with Crippen LogP contribution in [0, 0.1) is 0 Å². The number of carbonyl (C=O) groups excluding carboxylic acids is 1. The van der Waals surface area contributed by atoms with Gasteiger partial charge in [-0.15, -0.1) is 0 Å². The minimum absolute atomic E-state index is 0.0956. The number of benzene rings is 1. The third kappa shape index (κ3) is 1.94. The van der Waals surface area contributed by atoms with E-state index < -0.39 is 11.9 Å². The minimum Gasteiger partial charge on any atom is -0.504 e. The van der Waals surface area contributed by atoms with E-state index in [0.717, 1.165) is 0 Å². The number of carbonyl (C=O) groups is 1. The van der Waals surface area contributed by atoms with Gasteiger partial charge in [0.05, 0.1) is 7.11 Å². The summed E-state index contributed by atoms with van der Waals surface area (Å²) in [5, 5.41) is 9.37. The van der Waals surface area contributed by atoms with Gasteiger partial charge in [0.1, 0.15) is 6.04 Å². The van der Waals surface area contributed by atoms with E-state index in [4.69, 9.17) is 16.2 Å². The van der Waals surface area contributed by atoms with Crippen molar-refractivity contribution in [2.24, 2.45) is 5.73 Å². The summed E-state index contributed by atoms with van der Waals surface area (Å²) in [6.45, 7) is 0. The Bertz CT molecular complexity index is 352. The van der Waals surface area contributed by atoms with Gasteiger partial charge in [-0.1, -0.05) is 6.07 Å². The minimum atomic E-state index is -1.02. The number of aromatic hydroxyl groups is 1. The molecule has 5 nitrogen and oxygen atoms in total. The molecule has 0 saturated heterocycles. The predicted molar refractivity (Wildman–Crippen MR) is 49.7 cm³/mol. The second kappa shape index (κ2) is 3.97. The second-order valence-electron chi connectivity index (χ2n) is 2.77. The van der Waals surface area contributed by atoms with Gasteiger partial charge >= 0.3 is 0 Å². The number of nitrogens with one attached hydrogen (secondary N) is 1. The first kappa shape index (κ1) is 10.3. The van der Waals surface area contributed by atoms with Crippen molar-refractivity contribution in [3.63, 3.8) is 0 Å². The standard InChI is InChI=1S/C9H11N2O3/c1-14-7-3-2-5(4-6(7)12)8(10)9(11)13/h2-4,8,11-12H,10H2,1H3. The van der Waals surface area contributed by atoms with Crippen molar-refractivity contribution >= 4 is 5.91 Å². The molecule has 0 aromatic heterocycles. The summed E-state index contributed by atoms with van der Waals surface area (Å²) in [5.74, 6) is -0.686. The number of phenols is 1. The predicted octanol–water partition coefficient (Wildman–Crippen LogP) is 0.210. The summed E-state index contributed by atoms with van der Waals surface area (Å²) in [6, 6.07) is 3.32. The van der Waals surface area contributed by atoms with Crippen LogP contribution >= 0.6 is 0 Å². The van der Waals surface area contributed by atoms with E-state index in [0.29, 0.717) is 11.3 Å². The molecule has 0 fully saturated rings. The maximum Gasteiger partial charge on any atom is 0.259 e. The summed E-state index contributed by atoms with van der Waals surface area (Å²) in [6.07, 6.45) is 0. The molecular weight excluding hydrogens is 184 g/mol. The topological polar surface area (TPSA) is 96.4 Å². The van der Waals surface area contributed by atoms with Crippen molar-refractivity contribution in [1.82, 2.24) is 5.73 Å². The molecule has 0 spiro atoms. The molecule has 0 aliphatic rings. The Balaban J connectivity index is 3.02. The highest BCUT2D eigenvalue weighted by atomic mass is 16.5. The van der Waals surface area contributed by atoms with E-state index in [1.807, 2.05) is 0 Å². The first-order valence-corrected chi connectivity index (χ1v) is 3.94. The van der Waals surface area contributed by atoms with Crippen LogP contribution < -0.4 is 16.2 Å². The van der Waals surface area contributed by atoms with Crippen molar-refractivity contribution < 1.29 is 14.6 Å². The van der Waals surface area contributed by atoms with E-state index in [2.05, 4.69) is 0 Å². The molecule has 0 bridgehead atoms. The van der Waals surface area contributed by atoms with Crippen molar-refractivity contribution in [2.75, 3.05) is 7.11 Å². The van der Waals surface area contributed by atoms with Gasteiger partial charge in [-0.3, -0.25) is 10.5 Å². The molecule has 75 valence electrons. The highest BCUT2D eigenvalue weighted by Gasteiger charge is 2.14. The van der Waals surface area contributed by atoms with E-state index in [1.54, 1.807) is 0 Å². The SMILES string of the molecule is COc1ccc(C(N)C([NH])=O)cc1O. The third-order valence-corrected chi connectivity index (χ3v) is 1.84. The van der Waals surface area contributed by atoms with E-state index in [9.17, 15) is 9.90 Å². The molecule has 1 unspecified atom stereocenters. The fourth-order valence-corrected chi connectivity index (χ4v) is 1.05. The molecule has 5 heteroatoms. The van der Waals surface area contributed by atoms with E-state index >= 15 is 0 Å². The molecular formula is C9H11N2O3. The molecule has 14 heavy (non-hydrogen) atoms. The normalized spacial score (nSPS) is 12.1. The number of rotatable bonds is 3. The fourth-order valence-electron chi connectivity index (χ4n) is 1.05. The molecule has 1 aromatic carbocycles. The summed E-state index contributed by atoms with van der Waals surface area (Å²) in [5.41, 5.74) is 12.6. The van der Waals surface area contributed by atoms with Crippen LogP contribution in [0.15, 0.2) is 18.2 Å². The Labute approximate surface area is 81.3 Å². The average Bonchev–Trinajstić information content (AvgIpc) is 2.16. The number of methoxy groups -OCH3 is 1. The quantitative estimate of drug-likeness (QED) is 0.720. The van der Waals surface area contributed by atoms with Crippen molar-refractivity contribution in [1.29, 1.82) is 0 Å². The van der Waals surface area contributed by atoms with Crippen molar-refractivity contribution in [3.05, 3.63) is 23.8 Å². The Morgan fingerprint density at radius 1 is 1.64 bits per heavy atom. The van der Waals surface area contributed by atoms with E-state index in [-0.39, 0.29) is 5.75 Å². The Morgan fingerprint density at radius 2 is 2.29 bits per heavy atom. The van der Waals surface area contributed by atoms with Crippen molar-refractivity contribution in [3.8, 4) is 11.5 Å². The van der Waals surface area contributed by atoms with Gasteiger partial charge in [-0.25, -0.2) is 0 Å². The summed E-state index contributed by atoms with van der Waals surface area (Å²) in [4.78, 5) is 10.6. The van der Waals surface area contributed by atoms with Gasteiger partial charge in [0, 0.05) is 0 Å². The maximum absolute atomic E-state index is 10.6. The Hall–Kier alpha value is -1.75. The number of hydrogen-bond donors (Lipinski definition) is 2.